The summed E-state index contributed by atoms with van der Waals surface area (Å²) >= 11 is 0. The molecule has 2 amide bonds. The molecule has 1 saturated carbocycles. The molecule has 0 saturated heterocycles. The van der Waals surface area contributed by atoms with E-state index in [0.717, 1.165) is 18.4 Å². The van der Waals surface area contributed by atoms with E-state index >= 15 is 0 Å². The average Bonchev–Trinajstić information content (AvgIpc) is 3.61. The highest BCUT2D eigenvalue weighted by atomic mass is 32.2. The molecule has 2 aromatic carbocycles. The van der Waals surface area contributed by atoms with Crippen molar-refractivity contribution in [1.82, 2.24) is 19.2 Å². The predicted molar refractivity (Wildman–Crippen MR) is 144 cm³/mol. The van der Waals surface area contributed by atoms with Crippen molar-refractivity contribution in [2.45, 2.75) is 43.7 Å². The average molecular weight is 533 g/mol. The summed E-state index contributed by atoms with van der Waals surface area (Å²) < 4.78 is 29.4. The van der Waals surface area contributed by atoms with E-state index in [2.05, 4.69) is 10.6 Å². The third-order valence-corrected chi connectivity index (χ3v) is 8.57. The second-order valence-corrected chi connectivity index (χ2v) is 11.4. The fraction of sp³-hybridized carbons (Fsp3) is 0.250. The maximum absolute atomic E-state index is 13.4. The molecule has 2 heterocycles. The lowest BCUT2D eigenvalue weighted by Gasteiger charge is -2.19. The fourth-order valence-electron chi connectivity index (χ4n) is 4.52. The van der Waals surface area contributed by atoms with Crippen LogP contribution in [0.1, 0.15) is 57.7 Å². The highest BCUT2D eigenvalue weighted by Gasteiger charge is 2.27. The van der Waals surface area contributed by atoms with Gasteiger partial charge in [-0.3, -0.25) is 14.4 Å². The Morgan fingerprint density at radius 1 is 1.03 bits per heavy atom. The molecule has 38 heavy (non-hydrogen) atoms. The molecule has 1 fully saturated rings. The van der Waals surface area contributed by atoms with Crippen LogP contribution in [0.3, 0.4) is 0 Å². The van der Waals surface area contributed by atoms with Crippen LogP contribution < -0.4 is 16.2 Å². The van der Waals surface area contributed by atoms with Gasteiger partial charge in [-0.05, 0) is 62.6 Å². The van der Waals surface area contributed by atoms with E-state index in [-0.39, 0.29) is 28.0 Å². The minimum absolute atomic E-state index is 0.104. The van der Waals surface area contributed by atoms with Gasteiger partial charge in [-0.25, -0.2) is 12.4 Å². The largest absolute Gasteiger partial charge is 0.355 e. The van der Waals surface area contributed by atoms with Crippen molar-refractivity contribution in [1.29, 1.82) is 0 Å². The van der Waals surface area contributed by atoms with Gasteiger partial charge in [0, 0.05) is 30.9 Å². The van der Waals surface area contributed by atoms with Gasteiger partial charge in [-0.1, -0.05) is 29.8 Å². The zero-order valence-electron chi connectivity index (χ0n) is 21.3. The van der Waals surface area contributed by atoms with Gasteiger partial charge in [0.1, 0.15) is 5.56 Å². The summed E-state index contributed by atoms with van der Waals surface area (Å²) in [5.41, 5.74) is 1.58. The van der Waals surface area contributed by atoms with Gasteiger partial charge in [0.05, 0.1) is 22.0 Å². The molecule has 9 nitrogen and oxygen atoms in total. The van der Waals surface area contributed by atoms with Gasteiger partial charge in [-0.15, -0.1) is 0 Å². The summed E-state index contributed by atoms with van der Waals surface area (Å²) in [7, 11) is -2.44. The van der Waals surface area contributed by atoms with Gasteiger partial charge in [0.25, 0.3) is 27.4 Å². The summed E-state index contributed by atoms with van der Waals surface area (Å²) in [6, 6.07) is 14.4. The number of aromatic nitrogens is 2. The van der Waals surface area contributed by atoms with Crippen molar-refractivity contribution in [3.8, 4) is 0 Å². The number of pyridine rings is 1. The maximum atomic E-state index is 13.4. The van der Waals surface area contributed by atoms with Gasteiger partial charge in [-0.2, -0.15) is 0 Å². The van der Waals surface area contributed by atoms with Crippen LogP contribution in [0.4, 0.5) is 0 Å². The highest BCUT2D eigenvalue weighted by molar-refractivity contribution is 7.90. The standard InChI is InChI=1S/C28H28N4O5S/c1-17-7-11-21(12-8-17)38(36,37)32-14-13-23-22(5-4-6-25(23)32)18(2)31-16-19(26(33)30-20-9-10-20)15-24(28(31)35)27(34)29-3/h4-8,11-16,18,20H,9-10H2,1-3H3,(H,29,34)(H,30,33)/t18-/m1/s1. The smallest absolute Gasteiger partial charge is 0.268 e. The summed E-state index contributed by atoms with van der Waals surface area (Å²) in [6.45, 7) is 3.66. The second kappa shape index (κ2) is 9.60. The van der Waals surface area contributed by atoms with Crippen molar-refractivity contribution in [3.63, 3.8) is 0 Å². The minimum atomic E-state index is -3.86. The third kappa shape index (κ3) is 4.51. The zero-order chi connectivity index (χ0) is 27.2. The SMILES string of the molecule is CNC(=O)c1cc(C(=O)NC2CC2)cn([C@H](C)c2cccc3c2ccn3S(=O)(=O)c2ccc(C)cc2)c1=O. The Balaban J connectivity index is 1.62. The normalized spacial score (nSPS) is 14.3. The first kappa shape index (κ1) is 25.5. The molecule has 1 aliphatic rings. The lowest BCUT2D eigenvalue weighted by molar-refractivity contribution is 0.0950. The second-order valence-electron chi connectivity index (χ2n) is 9.57. The van der Waals surface area contributed by atoms with Gasteiger partial charge in [0.2, 0.25) is 0 Å². The first-order chi connectivity index (χ1) is 18.1. The molecular weight excluding hydrogens is 504 g/mol. The molecule has 5 rings (SSSR count). The Morgan fingerprint density at radius 2 is 1.74 bits per heavy atom. The van der Waals surface area contributed by atoms with Crippen molar-refractivity contribution in [2.75, 3.05) is 7.05 Å². The monoisotopic (exact) mass is 532 g/mol. The molecule has 0 spiro atoms. The number of hydrogen-bond acceptors (Lipinski definition) is 5. The van der Waals surface area contributed by atoms with E-state index in [1.165, 1.54) is 34.0 Å². The molecule has 0 radical (unpaired) electrons. The molecule has 4 aromatic rings. The molecule has 0 bridgehead atoms. The summed E-state index contributed by atoms with van der Waals surface area (Å²) in [5, 5.41) is 5.99. The van der Waals surface area contributed by atoms with Crippen LogP contribution in [0.5, 0.6) is 0 Å². The van der Waals surface area contributed by atoms with Gasteiger partial charge < -0.3 is 15.2 Å². The molecule has 0 unspecified atom stereocenters. The zero-order valence-corrected chi connectivity index (χ0v) is 22.1. The topological polar surface area (TPSA) is 119 Å². The lowest BCUT2D eigenvalue weighted by atomic mass is 10.0. The lowest BCUT2D eigenvalue weighted by Crippen LogP contribution is -2.35. The van der Waals surface area contributed by atoms with E-state index in [4.69, 9.17) is 0 Å². The Labute approximate surface area is 220 Å². The van der Waals surface area contributed by atoms with Crippen LogP contribution in [0.15, 0.2) is 76.7 Å². The van der Waals surface area contributed by atoms with Crippen molar-refractivity contribution in [2.24, 2.45) is 0 Å². The number of nitrogens with one attached hydrogen (secondary N) is 2. The van der Waals surface area contributed by atoms with E-state index in [1.807, 2.05) is 6.92 Å². The molecule has 2 N–H and O–H groups in total. The van der Waals surface area contributed by atoms with Crippen LogP contribution in [0, 0.1) is 6.92 Å². The molecular formula is C28H28N4O5S. The number of carbonyl (C=O) groups is 2. The fourth-order valence-corrected chi connectivity index (χ4v) is 5.87. The molecule has 0 aliphatic heterocycles. The van der Waals surface area contributed by atoms with Crippen LogP contribution >= 0.6 is 0 Å². The van der Waals surface area contributed by atoms with Crippen molar-refractivity contribution in [3.05, 3.63) is 99.6 Å². The third-order valence-electron chi connectivity index (χ3n) is 6.87. The van der Waals surface area contributed by atoms with E-state index < -0.39 is 27.5 Å². The predicted octanol–water partition coefficient (Wildman–Crippen LogP) is 3.21. The Morgan fingerprint density at radius 3 is 2.39 bits per heavy atom. The molecule has 1 aliphatic carbocycles. The number of hydrogen-bond donors (Lipinski definition) is 2. The van der Waals surface area contributed by atoms with Gasteiger partial charge >= 0.3 is 0 Å². The Hall–Kier alpha value is -4.18. The number of amides is 2. The first-order valence-electron chi connectivity index (χ1n) is 12.3. The first-order valence-corrected chi connectivity index (χ1v) is 13.8. The van der Waals surface area contributed by atoms with E-state index in [1.54, 1.807) is 55.5 Å². The highest BCUT2D eigenvalue weighted by Crippen LogP contribution is 2.30. The van der Waals surface area contributed by atoms with Crippen molar-refractivity contribution < 1.29 is 18.0 Å². The number of fused-ring (bicyclic) bond motifs is 1. The maximum Gasteiger partial charge on any atom is 0.268 e. The van der Waals surface area contributed by atoms with Crippen LogP contribution in [0.25, 0.3) is 10.9 Å². The molecule has 1 atom stereocenters. The summed E-state index contributed by atoms with van der Waals surface area (Å²) in [6.07, 6.45) is 4.74. The Kier molecular flexibility index (Phi) is 6.44. The quantitative estimate of drug-likeness (QED) is 0.379. The van der Waals surface area contributed by atoms with Crippen LogP contribution in [-0.2, 0) is 10.0 Å². The molecule has 10 heteroatoms. The van der Waals surface area contributed by atoms with Crippen LogP contribution in [0.2, 0.25) is 0 Å². The number of benzene rings is 2. The van der Waals surface area contributed by atoms with Crippen molar-refractivity contribution >= 4 is 32.7 Å². The number of nitrogens with zero attached hydrogens (tertiary/aromatic N) is 2. The number of rotatable bonds is 7. The molecule has 196 valence electrons. The summed E-state index contributed by atoms with van der Waals surface area (Å²) in [4.78, 5) is 38.9. The number of carbonyl (C=O) groups excluding carboxylic acids is 2. The minimum Gasteiger partial charge on any atom is -0.355 e. The van der Waals surface area contributed by atoms with E-state index in [0.29, 0.717) is 16.5 Å². The Bertz CT molecular complexity index is 1730. The van der Waals surface area contributed by atoms with Gasteiger partial charge in [0.15, 0.2) is 0 Å². The number of aryl methyl sites for hydroxylation is 1. The van der Waals surface area contributed by atoms with Crippen LogP contribution in [-0.4, -0.2) is 41.9 Å². The summed E-state index contributed by atoms with van der Waals surface area (Å²) in [5.74, 6) is -0.947. The molecule has 2 aromatic heterocycles. The van der Waals surface area contributed by atoms with E-state index in [9.17, 15) is 22.8 Å².